The number of aliphatic hydroxyl groups is 2. The number of nitrogen functional groups attached to an aromatic ring is 1. The number of hydrogen-bond donors (Lipinski definition) is 3. The van der Waals surface area contributed by atoms with Gasteiger partial charge in [-0.15, -0.1) is 0 Å². The average molecular weight is 407 g/mol. The Bertz CT molecular complexity index is 991. The van der Waals surface area contributed by atoms with Gasteiger partial charge in [0.2, 0.25) is 0 Å². The molecule has 0 radical (unpaired) electrons. The van der Waals surface area contributed by atoms with E-state index in [4.69, 9.17) is 10.5 Å². The van der Waals surface area contributed by atoms with Crippen LogP contribution in [0.5, 0.6) is 5.75 Å². The lowest BCUT2D eigenvalue weighted by Gasteiger charge is -2.36. The number of benzene rings is 3. The summed E-state index contributed by atoms with van der Waals surface area (Å²) in [5, 5.41) is 22.6. The summed E-state index contributed by atoms with van der Waals surface area (Å²) in [6, 6.07) is 20.2. The summed E-state index contributed by atoms with van der Waals surface area (Å²) >= 11 is 0. The Morgan fingerprint density at radius 2 is 1.60 bits per heavy atom. The highest BCUT2D eigenvalue weighted by molar-refractivity contribution is 5.88. The highest BCUT2D eigenvalue weighted by Crippen LogP contribution is 2.28. The normalized spacial score (nSPS) is 17.7. The van der Waals surface area contributed by atoms with Crippen molar-refractivity contribution < 1.29 is 14.9 Å². The van der Waals surface area contributed by atoms with Gasteiger partial charge >= 0.3 is 0 Å². The van der Waals surface area contributed by atoms with Gasteiger partial charge in [-0.3, -0.25) is 0 Å². The van der Waals surface area contributed by atoms with Crippen LogP contribution >= 0.6 is 0 Å². The standard InChI is InChI=1S/C25H30N2O3/c1-25(29)10-12-27(13-11-25)16-23(28)17-30-24-9-6-20-14-19(2-3-21(20)15-24)18-4-7-22(26)8-5-18/h2-9,14-15,23,28-29H,10-13,16-17,26H2,1H3. The van der Waals surface area contributed by atoms with Crippen molar-refractivity contribution in [3.63, 3.8) is 0 Å². The fourth-order valence-corrected chi connectivity index (χ4v) is 3.93. The molecule has 0 spiro atoms. The van der Waals surface area contributed by atoms with Crippen molar-refractivity contribution in [1.82, 2.24) is 4.90 Å². The number of aliphatic hydroxyl groups excluding tert-OH is 1. The number of rotatable bonds is 6. The van der Waals surface area contributed by atoms with Gasteiger partial charge in [0, 0.05) is 25.3 Å². The van der Waals surface area contributed by atoms with Crippen LogP contribution in [0.15, 0.2) is 60.7 Å². The van der Waals surface area contributed by atoms with E-state index in [-0.39, 0.29) is 6.61 Å². The third-order valence-electron chi connectivity index (χ3n) is 5.90. The third kappa shape index (κ3) is 5.11. The predicted octanol–water partition coefficient (Wildman–Crippen LogP) is 3.68. The van der Waals surface area contributed by atoms with Crippen LogP contribution in [0.1, 0.15) is 19.8 Å². The summed E-state index contributed by atoms with van der Waals surface area (Å²) in [7, 11) is 0. The number of ether oxygens (including phenoxy) is 1. The molecular weight excluding hydrogens is 376 g/mol. The van der Waals surface area contributed by atoms with Gasteiger partial charge in [-0.1, -0.05) is 30.3 Å². The van der Waals surface area contributed by atoms with Crippen LogP contribution in [-0.2, 0) is 0 Å². The van der Waals surface area contributed by atoms with E-state index < -0.39 is 11.7 Å². The van der Waals surface area contributed by atoms with Crippen LogP contribution in [0.3, 0.4) is 0 Å². The van der Waals surface area contributed by atoms with E-state index in [2.05, 4.69) is 23.1 Å². The Hall–Kier alpha value is -2.60. The first-order valence-corrected chi connectivity index (χ1v) is 10.5. The maximum Gasteiger partial charge on any atom is 0.120 e. The van der Waals surface area contributed by atoms with Gasteiger partial charge in [0.15, 0.2) is 0 Å². The highest BCUT2D eigenvalue weighted by atomic mass is 16.5. The maximum absolute atomic E-state index is 10.3. The topological polar surface area (TPSA) is 79.0 Å². The summed E-state index contributed by atoms with van der Waals surface area (Å²) in [5.74, 6) is 0.753. The van der Waals surface area contributed by atoms with Crippen molar-refractivity contribution in [3.8, 4) is 16.9 Å². The van der Waals surface area contributed by atoms with Gasteiger partial charge < -0.3 is 25.6 Å². The molecule has 1 aliphatic heterocycles. The van der Waals surface area contributed by atoms with Crippen molar-refractivity contribution in [3.05, 3.63) is 60.7 Å². The molecule has 3 aromatic carbocycles. The summed E-state index contributed by atoms with van der Waals surface area (Å²) in [6.45, 7) is 4.30. The molecule has 1 aliphatic rings. The molecule has 30 heavy (non-hydrogen) atoms. The Morgan fingerprint density at radius 3 is 2.33 bits per heavy atom. The fourth-order valence-electron chi connectivity index (χ4n) is 3.93. The molecule has 0 aliphatic carbocycles. The van der Waals surface area contributed by atoms with E-state index in [1.54, 1.807) is 0 Å². The zero-order chi connectivity index (χ0) is 21.1. The van der Waals surface area contributed by atoms with E-state index in [9.17, 15) is 10.2 Å². The SMILES string of the molecule is CC1(O)CCN(CC(O)COc2ccc3cc(-c4ccc(N)cc4)ccc3c2)CC1. The Kier molecular flexibility index (Phi) is 5.95. The maximum atomic E-state index is 10.3. The first-order valence-electron chi connectivity index (χ1n) is 10.5. The smallest absolute Gasteiger partial charge is 0.120 e. The van der Waals surface area contributed by atoms with Crippen LogP contribution in [-0.4, -0.2) is 53.1 Å². The number of piperidine rings is 1. The number of nitrogens with zero attached hydrogens (tertiary/aromatic N) is 1. The van der Waals surface area contributed by atoms with Crippen LogP contribution in [0.2, 0.25) is 0 Å². The molecule has 0 bridgehead atoms. The lowest BCUT2D eigenvalue weighted by Crippen LogP contribution is -2.45. The largest absolute Gasteiger partial charge is 0.491 e. The zero-order valence-electron chi connectivity index (χ0n) is 17.4. The number of likely N-dealkylation sites (tertiary alicyclic amines) is 1. The summed E-state index contributed by atoms with van der Waals surface area (Å²) < 4.78 is 5.85. The van der Waals surface area contributed by atoms with Crippen molar-refractivity contribution in [2.45, 2.75) is 31.5 Å². The Balaban J connectivity index is 1.35. The summed E-state index contributed by atoms with van der Waals surface area (Å²) in [4.78, 5) is 2.19. The van der Waals surface area contributed by atoms with Crippen LogP contribution in [0.4, 0.5) is 5.69 Å². The minimum atomic E-state index is -0.573. The molecule has 1 fully saturated rings. The van der Waals surface area contributed by atoms with Gasteiger partial charge in [-0.25, -0.2) is 0 Å². The molecule has 1 atom stereocenters. The Morgan fingerprint density at radius 1 is 0.967 bits per heavy atom. The van der Waals surface area contributed by atoms with Gasteiger partial charge in [0.05, 0.1) is 5.60 Å². The third-order valence-corrected chi connectivity index (χ3v) is 5.90. The first-order chi connectivity index (χ1) is 14.4. The molecule has 1 saturated heterocycles. The number of β-amino-alcohol motifs (C(OH)–C–C–N with tert-alkyl or cyclic N) is 1. The number of anilines is 1. The summed E-state index contributed by atoms with van der Waals surface area (Å²) in [5.41, 5.74) is 8.25. The van der Waals surface area contributed by atoms with Crippen molar-refractivity contribution in [1.29, 1.82) is 0 Å². The van der Waals surface area contributed by atoms with Gasteiger partial charge in [0.1, 0.15) is 18.5 Å². The second-order valence-corrected chi connectivity index (χ2v) is 8.61. The van der Waals surface area contributed by atoms with Crippen LogP contribution in [0.25, 0.3) is 21.9 Å². The van der Waals surface area contributed by atoms with E-state index in [0.717, 1.165) is 59.3 Å². The number of nitrogens with two attached hydrogens (primary N) is 1. The minimum Gasteiger partial charge on any atom is -0.491 e. The molecular formula is C25H30N2O3. The molecule has 0 saturated carbocycles. The lowest BCUT2D eigenvalue weighted by atomic mass is 9.94. The molecule has 0 aromatic heterocycles. The van der Waals surface area contributed by atoms with E-state index in [0.29, 0.717) is 6.54 Å². The van der Waals surface area contributed by atoms with Gasteiger partial charge in [0.25, 0.3) is 0 Å². The van der Waals surface area contributed by atoms with Crippen molar-refractivity contribution in [2.24, 2.45) is 0 Å². The molecule has 3 aromatic rings. The predicted molar refractivity (Wildman–Crippen MR) is 122 cm³/mol. The average Bonchev–Trinajstić information content (AvgIpc) is 2.74. The Labute approximate surface area is 177 Å². The molecule has 4 rings (SSSR count). The molecule has 1 unspecified atom stereocenters. The van der Waals surface area contributed by atoms with E-state index in [1.165, 1.54) is 0 Å². The number of hydrogen-bond acceptors (Lipinski definition) is 5. The van der Waals surface area contributed by atoms with E-state index in [1.807, 2.05) is 49.4 Å². The first kappa shape index (κ1) is 20.7. The monoisotopic (exact) mass is 406 g/mol. The molecule has 5 heteroatoms. The quantitative estimate of drug-likeness (QED) is 0.544. The number of fused-ring (bicyclic) bond motifs is 1. The zero-order valence-corrected chi connectivity index (χ0v) is 17.4. The van der Waals surface area contributed by atoms with Gasteiger partial charge in [-0.2, -0.15) is 0 Å². The molecule has 158 valence electrons. The highest BCUT2D eigenvalue weighted by Gasteiger charge is 2.28. The summed E-state index contributed by atoms with van der Waals surface area (Å²) in [6.07, 6.45) is 0.921. The molecule has 4 N–H and O–H groups in total. The molecule has 0 amide bonds. The van der Waals surface area contributed by atoms with Crippen LogP contribution in [0, 0.1) is 0 Å². The van der Waals surface area contributed by atoms with Gasteiger partial charge in [-0.05, 0) is 72.0 Å². The van der Waals surface area contributed by atoms with Crippen molar-refractivity contribution in [2.75, 3.05) is 32.0 Å². The lowest BCUT2D eigenvalue weighted by molar-refractivity contribution is -0.0201. The minimum absolute atomic E-state index is 0.252. The second kappa shape index (κ2) is 8.64. The molecule has 5 nitrogen and oxygen atoms in total. The second-order valence-electron chi connectivity index (χ2n) is 8.61. The molecule has 1 heterocycles. The fraction of sp³-hybridized carbons (Fsp3) is 0.360. The van der Waals surface area contributed by atoms with Crippen LogP contribution < -0.4 is 10.5 Å². The van der Waals surface area contributed by atoms with Crippen molar-refractivity contribution >= 4 is 16.5 Å². The van der Waals surface area contributed by atoms with E-state index >= 15 is 0 Å².